The zero-order valence-electron chi connectivity index (χ0n) is 9.77. The Balaban J connectivity index is 1.80. The molecule has 0 bridgehead atoms. The number of primary sulfonamides is 1. The minimum absolute atomic E-state index is 0.126. The van der Waals surface area contributed by atoms with E-state index in [4.69, 9.17) is 5.14 Å². The first kappa shape index (κ1) is 12.3. The number of piperidine rings is 1. The van der Waals surface area contributed by atoms with E-state index in [2.05, 4.69) is 4.90 Å². The third-order valence-corrected chi connectivity index (χ3v) is 4.84. The first-order chi connectivity index (χ1) is 7.56. The van der Waals surface area contributed by atoms with Crippen LogP contribution in [0.15, 0.2) is 0 Å². The molecule has 1 aliphatic carbocycles. The van der Waals surface area contributed by atoms with Crippen molar-refractivity contribution in [2.45, 2.75) is 44.6 Å². The van der Waals surface area contributed by atoms with E-state index in [9.17, 15) is 8.42 Å². The highest BCUT2D eigenvalue weighted by Crippen LogP contribution is 2.36. The first-order valence-corrected chi connectivity index (χ1v) is 8.02. The molecule has 2 unspecified atom stereocenters. The zero-order chi connectivity index (χ0) is 11.6. The van der Waals surface area contributed by atoms with Gasteiger partial charge in [-0.1, -0.05) is 6.42 Å². The molecule has 0 aromatic rings. The molecule has 0 aromatic heterocycles. The summed E-state index contributed by atoms with van der Waals surface area (Å²) in [5.74, 6) is 1.00. The van der Waals surface area contributed by atoms with Crippen LogP contribution in [-0.4, -0.2) is 38.2 Å². The topological polar surface area (TPSA) is 63.4 Å². The van der Waals surface area contributed by atoms with Gasteiger partial charge in [-0.15, -0.1) is 0 Å². The standard InChI is InChI=1S/C11H22N2O2S/c12-16(14,15)9-3-8-13-7-2-5-10-4-1-6-11(10)13/h10-11H,1-9H2,(H2,12,14,15). The molecule has 5 heteroatoms. The second kappa shape index (κ2) is 5.02. The first-order valence-electron chi connectivity index (χ1n) is 6.31. The molecule has 1 heterocycles. The van der Waals surface area contributed by atoms with Gasteiger partial charge in [-0.25, -0.2) is 13.6 Å². The van der Waals surface area contributed by atoms with Crippen LogP contribution in [0.2, 0.25) is 0 Å². The van der Waals surface area contributed by atoms with Gasteiger partial charge < -0.3 is 4.90 Å². The Labute approximate surface area is 98.2 Å². The minimum Gasteiger partial charge on any atom is -0.300 e. The van der Waals surface area contributed by atoms with Gasteiger partial charge in [0.05, 0.1) is 5.75 Å². The molecule has 0 aromatic carbocycles. The highest BCUT2D eigenvalue weighted by atomic mass is 32.2. The maximum Gasteiger partial charge on any atom is 0.209 e. The molecule has 16 heavy (non-hydrogen) atoms. The fraction of sp³-hybridized carbons (Fsp3) is 1.00. The van der Waals surface area contributed by atoms with Gasteiger partial charge in [0.25, 0.3) is 0 Å². The summed E-state index contributed by atoms with van der Waals surface area (Å²) in [6.07, 6.45) is 7.35. The molecule has 1 saturated heterocycles. The van der Waals surface area contributed by atoms with Crippen LogP contribution in [-0.2, 0) is 10.0 Å². The van der Waals surface area contributed by atoms with Crippen molar-refractivity contribution < 1.29 is 8.42 Å². The smallest absolute Gasteiger partial charge is 0.209 e. The lowest BCUT2D eigenvalue weighted by Crippen LogP contribution is -2.43. The van der Waals surface area contributed by atoms with E-state index in [0.717, 1.165) is 25.0 Å². The molecule has 2 aliphatic rings. The number of likely N-dealkylation sites (tertiary alicyclic amines) is 1. The fourth-order valence-corrected chi connectivity index (χ4v) is 3.84. The molecular formula is C11H22N2O2S. The van der Waals surface area contributed by atoms with Crippen LogP contribution < -0.4 is 5.14 Å². The van der Waals surface area contributed by atoms with E-state index in [1.54, 1.807) is 0 Å². The molecule has 2 rings (SSSR count). The second-order valence-electron chi connectivity index (χ2n) is 5.16. The highest BCUT2D eigenvalue weighted by molar-refractivity contribution is 7.89. The summed E-state index contributed by atoms with van der Waals surface area (Å²) in [6.45, 7) is 2.05. The summed E-state index contributed by atoms with van der Waals surface area (Å²) >= 11 is 0. The lowest BCUT2D eigenvalue weighted by Gasteiger charge is -2.37. The molecule has 4 nitrogen and oxygen atoms in total. The highest BCUT2D eigenvalue weighted by Gasteiger charge is 2.34. The van der Waals surface area contributed by atoms with Crippen molar-refractivity contribution in [2.24, 2.45) is 11.1 Å². The summed E-state index contributed by atoms with van der Waals surface area (Å²) < 4.78 is 21.7. The van der Waals surface area contributed by atoms with Gasteiger partial charge in [0, 0.05) is 6.04 Å². The van der Waals surface area contributed by atoms with Crippen molar-refractivity contribution in [1.29, 1.82) is 0 Å². The fourth-order valence-electron chi connectivity index (χ4n) is 3.30. The molecule has 2 fully saturated rings. The summed E-state index contributed by atoms with van der Waals surface area (Å²) in [4.78, 5) is 2.49. The lowest BCUT2D eigenvalue weighted by molar-refractivity contribution is 0.114. The molecule has 1 saturated carbocycles. The maximum absolute atomic E-state index is 10.9. The Morgan fingerprint density at radius 1 is 1.19 bits per heavy atom. The number of rotatable bonds is 4. The number of nitrogens with zero attached hydrogens (tertiary/aromatic N) is 1. The molecule has 0 spiro atoms. The minimum atomic E-state index is -3.27. The van der Waals surface area contributed by atoms with E-state index in [-0.39, 0.29) is 5.75 Å². The Morgan fingerprint density at radius 3 is 2.69 bits per heavy atom. The van der Waals surface area contributed by atoms with Crippen LogP contribution in [0.5, 0.6) is 0 Å². The molecule has 0 radical (unpaired) electrons. The Hall–Kier alpha value is -0.130. The molecule has 2 N–H and O–H groups in total. The SMILES string of the molecule is NS(=O)(=O)CCCN1CCCC2CCCC21. The van der Waals surface area contributed by atoms with Crippen molar-refractivity contribution >= 4 is 10.0 Å². The second-order valence-corrected chi connectivity index (χ2v) is 6.89. The van der Waals surface area contributed by atoms with E-state index >= 15 is 0 Å². The van der Waals surface area contributed by atoms with Crippen molar-refractivity contribution in [1.82, 2.24) is 4.90 Å². The van der Waals surface area contributed by atoms with Crippen LogP contribution in [0.25, 0.3) is 0 Å². The number of hydrogen-bond acceptors (Lipinski definition) is 3. The van der Waals surface area contributed by atoms with Crippen molar-refractivity contribution in [2.75, 3.05) is 18.8 Å². The van der Waals surface area contributed by atoms with E-state index in [1.165, 1.54) is 32.1 Å². The van der Waals surface area contributed by atoms with Gasteiger partial charge in [-0.3, -0.25) is 0 Å². The molecule has 2 atom stereocenters. The van der Waals surface area contributed by atoms with E-state index < -0.39 is 10.0 Å². The van der Waals surface area contributed by atoms with Crippen LogP contribution in [0.3, 0.4) is 0 Å². The van der Waals surface area contributed by atoms with Crippen molar-refractivity contribution in [3.05, 3.63) is 0 Å². The number of fused-ring (bicyclic) bond motifs is 1. The van der Waals surface area contributed by atoms with Gasteiger partial charge in [0.15, 0.2) is 0 Å². The van der Waals surface area contributed by atoms with Crippen LogP contribution in [0.1, 0.15) is 38.5 Å². The Bertz CT molecular complexity index is 329. The number of hydrogen-bond donors (Lipinski definition) is 1. The number of sulfonamides is 1. The predicted octanol–water partition coefficient (Wildman–Crippen LogP) is 0.929. The Kier molecular flexibility index (Phi) is 3.87. The van der Waals surface area contributed by atoms with E-state index in [0.29, 0.717) is 6.42 Å². The summed E-state index contributed by atoms with van der Waals surface area (Å²) in [6, 6.07) is 0.731. The average Bonchev–Trinajstić information content (AvgIpc) is 2.64. The lowest BCUT2D eigenvalue weighted by atomic mass is 9.92. The third-order valence-electron chi connectivity index (χ3n) is 3.98. The third kappa shape index (κ3) is 3.18. The van der Waals surface area contributed by atoms with Gasteiger partial charge in [-0.05, 0) is 51.1 Å². The monoisotopic (exact) mass is 246 g/mol. The van der Waals surface area contributed by atoms with Gasteiger partial charge in [-0.2, -0.15) is 0 Å². The molecule has 1 aliphatic heterocycles. The van der Waals surface area contributed by atoms with Gasteiger partial charge >= 0.3 is 0 Å². The van der Waals surface area contributed by atoms with Crippen LogP contribution >= 0.6 is 0 Å². The van der Waals surface area contributed by atoms with Gasteiger partial charge in [0.2, 0.25) is 10.0 Å². The predicted molar refractivity (Wildman–Crippen MR) is 64.5 cm³/mol. The van der Waals surface area contributed by atoms with Crippen LogP contribution in [0.4, 0.5) is 0 Å². The normalized spacial score (nSPS) is 31.6. The van der Waals surface area contributed by atoms with E-state index in [1.807, 2.05) is 0 Å². The quantitative estimate of drug-likeness (QED) is 0.802. The van der Waals surface area contributed by atoms with Crippen LogP contribution in [0, 0.1) is 5.92 Å². The van der Waals surface area contributed by atoms with Crippen molar-refractivity contribution in [3.8, 4) is 0 Å². The Morgan fingerprint density at radius 2 is 1.94 bits per heavy atom. The zero-order valence-corrected chi connectivity index (χ0v) is 10.6. The largest absolute Gasteiger partial charge is 0.300 e. The molecule has 94 valence electrons. The van der Waals surface area contributed by atoms with Gasteiger partial charge in [0.1, 0.15) is 0 Å². The summed E-state index contributed by atoms with van der Waals surface area (Å²) in [7, 11) is -3.27. The summed E-state index contributed by atoms with van der Waals surface area (Å²) in [5, 5.41) is 5.01. The summed E-state index contributed by atoms with van der Waals surface area (Å²) in [5.41, 5.74) is 0. The maximum atomic E-state index is 10.9. The molecular weight excluding hydrogens is 224 g/mol. The number of nitrogens with two attached hydrogens (primary N) is 1. The molecule has 0 amide bonds. The average molecular weight is 246 g/mol. The van der Waals surface area contributed by atoms with Crippen molar-refractivity contribution in [3.63, 3.8) is 0 Å².